The van der Waals surface area contributed by atoms with Gasteiger partial charge in [-0.05, 0) is 24.6 Å². The molecule has 0 amide bonds. The van der Waals surface area contributed by atoms with Gasteiger partial charge in [0.1, 0.15) is 6.54 Å². The number of rotatable bonds is 0. The summed E-state index contributed by atoms with van der Waals surface area (Å²) in [5.41, 5.74) is 2.83. The van der Waals surface area contributed by atoms with Crippen molar-refractivity contribution in [3.63, 3.8) is 0 Å². The third kappa shape index (κ3) is 1.39. The summed E-state index contributed by atoms with van der Waals surface area (Å²) in [4.78, 5) is 0. The third-order valence-corrected chi connectivity index (χ3v) is 3.98. The highest BCUT2D eigenvalue weighted by atomic mass is 16.7. The molecule has 0 saturated heterocycles. The molecule has 86 valence electrons. The van der Waals surface area contributed by atoms with Gasteiger partial charge in [-0.2, -0.15) is 0 Å². The highest BCUT2D eigenvalue weighted by Crippen LogP contribution is 2.38. The Morgan fingerprint density at radius 1 is 1.12 bits per heavy atom. The number of fused-ring (bicyclic) bond motifs is 2. The van der Waals surface area contributed by atoms with Gasteiger partial charge >= 0.3 is 0 Å². The zero-order valence-electron chi connectivity index (χ0n) is 10.1. The van der Waals surface area contributed by atoms with Crippen LogP contribution in [0.3, 0.4) is 0 Å². The van der Waals surface area contributed by atoms with Gasteiger partial charge in [0.25, 0.3) is 0 Å². The van der Waals surface area contributed by atoms with Crippen LogP contribution in [-0.2, 0) is 13.0 Å². The van der Waals surface area contributed by atoms with Crippen molar-refractivity contribution in [3.05, 3.63) is 23.3 Å². The molecule has 2 aliphatic heterocycles. The molecule has 3 nitrogen and oxygen atoms in total. The highest BCUT2D eigenvalue weighted by Gasteiger charge is 2.32. The lowest BCUT2D eigenvalue weighted by Crippen LogP contribution is -2.50. The van der Waals surface area contributed by atoms with Crippen molar-refractivity contribution in [1.82, 2.24) is 0 Å². The number of ether oxygens (including phenoxy) is 2. The normalized spacial score (nSPS) is 25.3. The van der Waals surface area contributed by atoms with Gasteiger partial charge in [-0.25, -0.2) is 0 Å². The average Bonchev–Trinajstić information content (AvgIpc) is 2.63. The molecular formula is C13H18NO2+. The molecule has 0 fully saturated rings. The minimum absolute atomic E-state index is 0.367. The first-order chi connectivity index (χ1) is 7.56. The van der Waals surface area contributed by atoms with E-state index in [1.54, 1.807) is 0 Å². The summed E-state index contributed by atoms with van der Waals surface area (Å²) in [6, 6.07) is 4.98. The van der Waals surface area contributed by atoms with Gasteiger partial charge in [0.05, 0.1) is 20.1 Å². The van der Waals surface area contributed by atoms with E-state index >= 15 is 0 Å². The molecule has 0 saturated carbocycles. The number of hydrogen-bond acceptors (Lipinski definition) is 2. The Morgan fingerprint density at radius 2 is 1.75 bits per heavy atom. The van der Waals surface area contributed by atoms with Crippen LogP contribution in [0.5, 0.6) is 11.5 Å². The molecule has 0 N–H and O–H groups in total. The molecule has 1 atom stereocenters. The first kappa shape index (κ1) is 9.97. The molecule has 0 radical (unpaired) electrons. The van der Waals surface area contributed by atoms with Crippen LogP contribution >= 0.6 is 0 Å². The summed E-state index contributed by atoms with van der Waals surface area (Å²) in [5.74, 6) is 1.83. The molecule has 0 aliphatic carbocycles. The van der Waals surface area contributed by atoms with Crippen molar-refractivity contribution >= 4 is 0 Å². The average molecular weight is 220 g/mol. The fourth-order valence-corrected chi connectivity index (χ4v) is 2.52. The minimum Gasteiger partial charge on any atom is -0.454 e. The van der Waals surface area contributed by atoms with Crippen molar-refractivity contribution in [3.8, 4) is 11.5 Å². The standard InChI is InChI=1S/C13H18NO2/c1-9-4-10-5-12-13(16-8-15-12)6-11(10)7-14(9,2)3/h5-6,9H,4,7-8H2,1-3H3/q+1. The van der Waals surface area contributed by atoms with E-state index in [0.717, 1.165) is 28.9 Å². The largest absolute Gasteiger partial charge is 0.454 e. The molecular weight excluding hydrogens is 202 g/mol. The van der Waals surface area contributed by atoms with Crippen LogP contribution in [0.25, 0.3) is 0 Å². The van der Waals surface area contributed by atoms with Crippen molar-refractivity contribution in [2.75, 3.05) is 20.9 Å². The number of benzene rings is 1. The van der Waals surface area contributed by atoms with Crippen molar-refractivity contribution < 1.29 is 14.0 Å². The summed E-state index contributed by atoms with van der Waals surface area (Å²) in [7, 11) is 4.58. The van der Waals surface area contributed by atoms with E-state index in [0.29, 0.717) is 12.8 Å². The second-order valence-electron chi connectivity index (χ2n) is 5.46. The van der Waals surface area contributed by atoms with Crippen LogP contribution in [-0.4, -0.2) is 31.4 Å². The molecule has 3 rings (SSSR count). The lowest BCUT2D eigenvalue weighted by atomic mass is 9.93. The summed E-state index contributed by atoms with van der Waals surface area (Å²) in [6.45, 7) is 3.76. The van der Waals surface area contributed by atoms with Crippen LogP contribution in [0.2, 0.25) is 0 Å². The SMILES string of the molecule is CC1Cc2cc3c(cc2C[N+]1(C)C)OCO3. The molecule has 0 aromatic heterocycles. The molecule has 0 bridgehead atoms. The highest BCUT2D eigenvalue weighted by molar-refractivity contribution is 5.49. The van der Waals surface area contributed by atoms with Gasteiger partial charge in [-0.1, -0.05) is 0 Å². The second-order valence-corrected chi connectivity index (χ2v) is 5.46. The number of likely N-dealkylation sites (N-methyl/N-ethyl adjacent to an activating group) is 1. The number of hydrogen-bond donors (Lipinski definition) is 0. The molecule has 3 heteroatoms. The molecule has 2 heterocycles. The zero-order valence-corrected chi connectivity index (χ0v) is 10.1. The van der Waals surface area contributed by atoms with E-state index in [-0.39, 0.29) is 0 Å². The van der Waals surface area contributed by atoms with Crippen LogP contribution < -0.4 is 9.47 Å². The van der Waals surface area contributed by atoms with Gasteiger partial charge in [-0.3, -0.25) is 0 Å². The van der Waals surface area contributed by atoms with Crippen LogP contribution in [0.1, 0.15) is 18.1 Å². The topological polar surface area (TPSA) is 18.5 Å². The molecule has 1 unspecified atom stereocenters. The van der Waals surface area contributed by atoms with Crippen molar-refractivity contribution in [2.45, 2.75) is 25.9 Å². The Labute approximate surface area is 96.2 Å². The van der Waals surface area contributed by atoms with Crippen LogP contribution in [0.15, 0.2) is 12.1 Å². The number of quaternary nitrogens is 1. The van der Waals surface area contributed by atoms with Crippen molar-refractivity contribution in [1.29, 1.82) is 0 Å². The first-order valence-corrected chi connectivity index (χ1v) is 5.80. The molecule has 0 spiro atoms. The first-order valence-electron chi connectivity index (χ1n) is 5.80. The second kappa shape index (κ2) is 3.14. The Balaban J connectivity index is 2.05. The van der Waals surface area contributed by atoms with Gasteiger partial charge in [0.15, 0.2) is 11.5 Å². The quantitative estimate of drug-likeness (QED) is 0.622. The van der Waals surface area contributed by atoms with Crippen LogP contribution in [0, 0.1) is 0 Å². The molecule has 1 aromatic rings. The smallest absolute Gasteiger partial charge is 0.231 e. The summed E-state index contributed by atoms with van der Waals surface area (Å²) >= 11 is 0. The maximum atomic E-state index is 5.43. The molecule has 2 aliphatic rings. The lowest BCUT2D eigenvalue weighted by Gasteiger charge is -2.40. The van der Waals surface area contributed by atoms with E-state index in [1.807, 2.05) is 0 Å². The molecule has 1 aromatic carbocycles. The van der Waals surface area contributed by atoms with E-state index in [1.165, 1.54) is 11.1 Å². The maximum Gasteiger partial charge on any atom is 0.231 e. The van der Waals surface area contributed by atoms with E-state index < -0.39 is 0 Å². The van der Waals surface area contributed by atoms with Crippen molar-refractivity contribution in [2.24, 2.45) is 0 Å². The van der Waals surface area contributed by atoms with Gasteiger partial charge in [-0.15, -0.1) is 0 Å². The fourth-order valence-electron chi connectivity index (χ4n) is 2.52. The Morgan fingerprint density at radius 3 is 2.44 bits per heavy atom. The van der Waals surface area contributed by atoms with Gasteiger partial charge in [0, 0.05) is 12.0 Å². The predicted octanol–water partition coefficient (Wildman–Crippen LogP) is 1.94. The molecule has 16 heavy (non-hydrogen) atoms. The summed E-state index contributed by atoms with van der Waals surface area (Å²) < 4.78 is 11.9. The summed E-state index contributed by atoms with van der Waals surface area (Å²) in [6.07, 6.45) is 1.12. The Hall–Kier alpha value is -1.22. The van der Waals surface area contributed by atoms with Gasteiger partial charge < -0.3 is 14.0 Å². The van der Waals surface area contributed by atoms with E-state index in [4.69, 9.17) is 9.47 Å². The van der Waals surface area contributed by atoms with Crippen LogP contribution in [0.4, 0.5) is 0 Å². The summed E-state index contributed by atoms with van der Waals surface area (Å²) in [5, 5.41) is 0. The Bertz CT molecular complexity index is 440. The van der Waals surface area contributed by atoms with E-state index in [9.17, 15) is 0 Å². The predicted molar refractivity (Wildman–Crippen MR) is 61.5 cm³/mol. The van der Waals surface area contributed by atoms with E-state index in [2.05, 4.69) is 33.2 Å². The Kier molecular flexibility index (Phi) is 1.96. The number of nitrogens with zero attached hydrogens (tertiary/aromatic N) is 1. The van der Waals surface area contributed by atoms with Gasteiger partial charge in [0.2, 0.25) is 6.79 Å². The fraction of sp³-hybridized carbons (Fsp3) is 0.538. The zero-order chi connectivity index (χ0) is 11.3. The lowest BCUT2D eigenvalue weighted by molar-refractivity contribution is -0.928. The monoisotopic (exact) mass is 220 g/mol. The third-order valence-electron chi connectivity index (χ3n) is 3.98. The maximum absolute atomic E-state index is 5.43. The minimum atomic E-state index is 0.367.